The van der Waals surface area contributed by atoms with Crippen LogP contribution in [0.5, 0.6) is 0 Å². The Morgan fingerprint density at radius 2 is 0.710 bits per heavy atom. The van der Waals surface area contributed by atoms with E-state index in [9.17, 15) is 0 Å². The molecule has 0 aromatic heterocycles. The second kappa shape index (κ2) is 10.8. The van der Waals surface area contributed by atoms with Gasteiger partial charge in [-0.2, -0.15) is 0 Å². The van der Waals surface area contributed by atoms with E-state index in [4.69, 9.17) is 23.7 Å². The van der Waals surface area contributed by atoms with Crippen molar-refractivity contribution in [2.24, 2.45) is 41.4 Å². The molecule has 5 heterocycles. The molecule has 12 unspecified atom stereocenters. The summed E-state index contributed by atoms with van der Waals surface area (Å²) in [4.78, 5) is 0. The molecule has 6 fully saturated rings. The zero-order valence-corrected chi connectivity index (χ0v) is 19.9. The van der Waals surface area contributed by atoms with Crippen molar-refractivity contribution >= 4 is 0 Å². The van der Waals surface area contributed by atoms with Crippen LogP contribution in [0.3, 0.4) is 0 Å². The minimum absolute atomic E-state index is 0. The maximum absolute atomic E-state index is 5.70. The van der Waals surface area contributed by atoms with E-state index >= 15 is 0 Å². The van der Waals surface area contributed by atoms with Crippen LogP contribution >= 0.6 is 0 Å². The Bertz CT molecular complexity index is 432. The number of hydrogen-bond acceptors (Lipinski definition) is 5. The Balaban J connectivity index is 0.000000130. The van der Waals surface area contributed by atoms with Crippen LogP contribution < -0.4 is 0 Å². The van der Waals surface area contributed by atoms with Gasteiger partial charge < -0.3 is 23.7 Å². The fourth-order valence-electron chi connectivity index (χ4n) is 6.25. The van der Waals surface area contributed by atoms with Crippen LogP contribution in [0.1, 0.15) is 61.8 Å². The van der Waals surface area contributed by atoms with Gasteiger partial charge in [-0.25, -0.2) is 0 Å². The number of ether oxygens (including phenoxy) is 5. The quantitative estimate of drug-likeness (QED) is 0.541. The monoisotopic (exact) mass is 440 g/mol. The average molecular weight is 441 g/mol. The molecule has 0 aromatic carbocycles. The number of fused-ring (bicyclic) bond motifs is 3. The summed E-state index contributed by atoms with van der Waals surface area (Å²) < 4.78 is 28.0. The number of rotatable bonds is 0. The molecule has 5 aliphatic heterocycles. The Morgan fingerprint density at radius 1 is 0.387 bits per heavy atom. The molecule has 0 radical (unpaired) electrons. The normalized spacial score (nSPS) is 51.7. The van der Waals surface area contributed by atoms with Crippen LogP contribution in [0.15, 0.2) is 0 Å². The van der Waals surface area contributed by atoms with Crippen molar-refractivity contribution in [3.05, 3.63) is 0 Å². The van der Waals surface area contributed by atoms with Gasteiger partial charge in [0.25, 0.3) is 0 Å². The highest BCUT2D eigenvalue weighted by molar-refractivity contribution is 4.92. The van der Waals surface area contributed by atoms with E-state index in [1.807, 2.05) is 0 Å². The minimum atomic E-state index is 0. The maximum atomic E-state index is 5.70. The van der Waals surface area contributed by atoms with Crippen molar-refractivity contribution in [2.75, 3.05) is 33.0 Å². The molecule has 5 saturated heterocycles. The van der Waals surface area contributed by atoms with Crippen molar-refractivity contribution < 1.29 is 23.7 Å². The molecule has 0 spiro atoms. The molecule has 0 amide bonds. The summed E-state index contributed by atoms with van der Waals surface area (Å²) in [5, 5.41) is 0. The van der Waals surface area contributed by atoms with E-state index in [1.165, 1.54) is 12.8 Å². The lowest BCUT2D eigenvalue weighted by atomic mass is 9.93. The van der Waals surface area contributed by atoms with E-state index in [0.717, 1.165) is 50.8 Å². The van der Waals surface area contributed by atoms with Crippen LogP contribution in [0, 0.1) is 41.4 Å². The van der Waals surface area contributed by atoms with E-state index in [-0.39, 0.29) is 7.43 Å². The largest absolute Gasteiger partial charge is 0.377 e. The Hall–Kier alpha value is -0.200. The fourth-order valence-corrected chi connectivity index (χ4v) is 6.25. The van der Waals surface area contributed by atoms with E-state index in [2.05, 4.69) is 41.5 Å². The Kier molecular flexibility index (Phi) is 8.87. The molecule has 0 bridgehead atoms. The molecule has 0 N–H and O–H groups in total. The van der Waals surface area contributed by atoms with Gasteiger partial charge in [-0.1, -0.05) is 49.0 Å². The molecule has 1 saturated carbocycles. The van der Waals surface area contributed by atoms with E-state index < -0.39 is 0 Å². The maximum Gasteiger partial charge on any atom is 0.0887 e. The van der Waals surface area contributed by atoms with Crippen molar-refractivity contribution in [3.63, 3.8) is 0 Å². The zero-order chi connectivity index (χ0) is 21.4. The van der Waals surface area contributed by atoms with Crippen LogP contribution in [-0.4, -0.2) is 63.6 Å². The highest BCUT2D eigenvalue weighted by Crippen LogP contribution is 2.42. The first-order valence-electron chi connectivity index (χ1n) is 12.4. The van der Waals surface area contributed by atoms with Crippen molar-refractivity contribution in [3.8, 4) is 0 Å². The standard InChI is InChI=1S/C9H16O.2C8H14O2.CH4/c1-6-3-4-8-7(2)5-10-9(6)8;2*1-5-3-9-8-6(2)4-10-7(5)8;/h6-9H,3-5H2,1-2H3;2*5-8H,3-4H2,1-2H3;1H4. The summed E-state index contributed by atoms with van der Waals surface area (Å²) in [7, 11) is 0. The SMILES string of the molecule is C.CC1COC2C(C)CCC12.CC1COC2C(C)COC12.CC1COC2C(C)COC12. The lowest BCUT2D eigenvalue weighted by molar-refractivity contribution is 0.0627. The van der Waals surface area contributed by atoms with Gasteiger partial charge in [0.15, 0.2) is 0 Å². The van der Waals surface area contributed by atoms with E-state index in [1.54, 1.807) is 0 Å². The zero-order valence-electron chi connectivity index (χ0n) is 19.9. The molecule has 12 atom stereocenters. The highest BCUT2D eigenvalue weighted by Gasteiger charge is 2.44. The highest BCUT2D eigenvalue weighted by atomic mass is 16.6. The second-order valence-corrected chi connectivity index (χ2v) is 11.1. The first-order chi connectivity index (χ1) is 14.4. The summed E-state index contributed by atoms with van der Waals surface area (Å²) in [6, 6.07) is 0. The fraction of sp³-hybridized carbons (Fsp3) is 1.00. The topological polar surface area (TPSA) is 46.2 Å². The summed E-state index contributed by atoms with van der Waals surface area (Å²) >= 11 is 0. The number of hydrogen-bond donors (Lipinski definition) is 0. The van der Waals surface area contributed by atoms with Crippen LogP contribution in [0.4, 0.5) is 0 Å². The van der Waals surface area contributed by atoms with Gasteiger partial charge in [-0.3, -0.25) is 0 Å². The van der Waals surface area contributed by atoms with Gasteiger partial charge in [-0.15, -0.1) is 0 Å². The van der Waals surface area contributed by atoms with Gasteiger partial charge in [-0.05, 0) is 30.6 Å². The lowest BCUT2D eigenvalue weighted by Gasteiger charge is -2.13. The predicted octanol–water partition coefficient (Wildman–Crippen LogP) is 4.82. The molecular formula is C26H48O5. The minimum Gasteiger partial charge on any atom is -0.377 e. The molecule has 5 nitrogen and oxygen atoms in total. The van der Waals surface area contributed by atoms with Crippen molar-refractivity contribution in [1.82, 2.24) is 0 Å². The van der Waals surface area contributed by atoms with Gasteiger partial charge in [0.2, 0.25) is 0 Å². The molecule has 31 heavy (non-hydrogen) atoms. The Morgan fingerprint density at radius 3 is 1.06 bits per heavy atom. The van der Waals surface area contributed by atoms with Crippen molar-refractivity contribution in [1.29, 1.82) is 0 Å². The van der Waals surface area contributed by atoms with Gasteiger partial charge in [0.05, 0.1) is 56.9 Å². The van der Waals surface area contributed by atoms with Gasteiger partial charge >= 0.3 is 0 Å². The second-order valence-electron chi connectivity index (χ2n) is 11.1. The molecule has 0 aromatic rings. The molecule has 5 heteroatoms. The summed E-state index contributed by atoms with van der Waals surface area (Å²) in [6.07, 6.45) is 5.01. The predicted molar refractivity (Wildman–Crippen MR) is 123 cm³/mol. The molecule has 6 rings (SSSR count). The first kappa shape index (κ1) is 25.4. The summed E-state index contributed by atoms with van der Waals surface area (Å²) in [6.45, 7) is 18.0. The molecular weight excluding hydrogens is 392 g/mol. The van der Waals surface area contributed by atoms with Crippen LogP contribution in [0.25, 0.3) is 0 Å². The van der Waals surface area contributed by atoms with Crippen LogP contribution in [0.2, 0.25) is 0 Å². The third-order valence-electron chi connectivity index (χ3n) is 8.32. The molecule has 6 aliphatic rings. The summed E-state index contributed by atoms with van der Waals surface area (Å²) in [5.74, 6) is 4.98. The smallest absolute Gasteiger partial charge is 0.0887 e. The third kappa shape index (κ3) is 5.32. The van der Waals surface area contributed by atoms with Crippen LogP contribution in [-0.2, 0) is 23.7 Å². The Labute approximate surface area is 190 Å². The molecule has 1 aliphatic carbocycles. The van der Waals surface area contributed by atoms with Gasteiger partial charge in [0, 0.05) is 30.3 Å². The van der Waals surface area contributed by atoms with Crippen molar-refractivity contribution in [2.45, 2.75) is 92.3 Å². The summed E-state index contributed by atoms with van der Waals surface area (Å²) in [5.41, 5.74) is 0. The van der Waals surface area contributed by atoms with E-state index in [0.29, 0.717) is 54.2 Å². The van der Waals surface area contributed by atoms with Gasteiger partial charge in [0.1, 0.15) is 0 Å². The average Bonchev–Trinajstić information content (AvgIpc) is 3.52. The third-order valence-corrected chi connectivity index (χ3v) is 8.32. The first-order valence-corrected chi connectivity index (χ1v) is 12.4. The molecule has 182 valence electrons. The lowest BCUT2D eigenvalue weighted by Crippen LogP contribution is -2.23.